The molecule has 0 atom stereocenters. The summed E-state index contributed by atoms with van der Waals surface area (Å²) in [4.78, 5) is 0.176. The van der Waals surface area contributed by atoms with Crippen LogP contribution in [0.3, 0.4) is 0 Å². The average molecular weight is 145 g/mol. The van der Waals surface area contributed by atoms with Crippen LogP contribution in [0.5, 0.6) is 0 Å². The highest BCUT2D eigenvalue weighted by atomic mass is 32.2. The van der Waals surface area contributed by atoms with Gasteiger partial charge in [0.25, 0.3) is 0 Å². The maximum atomic E-state index is 12.1. The molecule has 3 heteroatoms. The summed E-state index contributed by atoms with van der Waals surface area (Å²) < 4.78 is 23.7. The first kappa shape index (κ1) is 6.55. The molecule has 47 valence electrons. The van der Waals surface area contributed by atoms with E-state index in [0.717, 1.165) is 0 Å². The summed E-state index contributed by atoms with van der Waals surface area (Å²) in [6.07, 6.45) is 0. The van der Waals surface area contributed by atoms with E-state index in [9.17, 15) is 8.28 Å². The Morgan fingerprint density at radius 2 is 2.22 bits per heavy atom. The Morgan fingerprint density at radius 3 is 2.67 bits per heavy atom. The summed E-state index contributed by atoms with van der Waals surface area (Å²) in [6, 6.07) is 6.29. The smallest absolute Gasteiger partial charge is 0.132 e. The van der Waals surface area contributed by atoms with Crippen molar-refractivity contribution in [2.24, 2.45) is 0 Å². The van der Waals surface area contributed by atoms with Gasteiger partial charge in [-0.15, -0.1) is 0 Å². The van der Waals surface area contributed by atoms with Crippen molar-refractivity contribution >= 4 is 12.1 Å². The van der Waals surface area contributed by atoms with E-state index in [2.05, 4.69) is 6.07 Å². The normalized spacial score (nSPS) is 9.56. The Morgan fingerprint density at radius 1 is 1.44 bits per heavy atom. The number of rotatable bonds is 1. The average Bonchev–Trinajstić information content (AvgIpc) is 1.88. The zero-order valence-electron chi connectivity index (χ0n) is 4.40. The Kier molecular flexibility index (Phi) is 2.05. The van der Waals surface area contributed by atoms with Crippen molar-refractivity contribution < 1.29 is 8.28 Å². The standard InChI is InChI=1S/C6H3F2S/c7-5-2-1-3-6(4-5)9-8/h1-3H. The highest BCUT2D eigenvalue weighted by molar-refractivity contribution is 7.94. The lowest BCUT2D eigenvalue weighted by Crippen LogP contribution is -1.72. The van der Waals surface area contributed by atoms with Crippen molar-refractivity contribution in [3.8, 4) is 0 Å². The van der Waals surface area contributed by atoms with Gasteiger partial charge in [0, 0.05) is 6.07 Å². The molecule has 0 amide bonds. The van der Waals surface area contributed by atoms with E-state index in [1.165, 1.54) is 18.2 Å². The minimum atomic E-state index is -0.530. The maximum absolute atomic E-state index is 12.1. The van der Waals surface area contributed by atoms with Crippen LogP contribution in [0.2, 0.25) is 0 Å². The SMILES string of the molecule is FSc1[c]c(F)ccc1. The van der Waals surface area contributed by atoms with Gasteiger partial charge < -0.3 is 0 Å². The highest BCUT2D eigenvalue weighted by Gasteiger charge is 1.93. The Hall–Kier alpha value is -0.570. The van der Waals surface area contributed by atoms with Gasteiger partial charge in [-0.1, -0.05) is 6.07 Å². The second-order valence-electron chi connectivity index (χ2n) is 1.44. The summed E-state index contributed by atoms with van der Waals surface area (Å²) in [7, 11) is 0. The van der Waals surface area contributed by atoms with Crippen LogP contribution in [0, 0.1) is 11.9 Å². The van der Waals surface area contributed by atoms with Crippen molar-refractivity contribution in [3.05, 3.63) is 30.1 Å². The first-order valence-corrected chi connectivity index (χ1v) is 3.01. The third kappa shape index (κ3) is 1.68. The molecule has 0 nitrogen and oxygen atoms in total. The summed E-state index contributed by atoms with van der Waals surface area (Å²) in [5.41, 5.74) is 0. The first-order valence-electron chi connectivity index (χ1n) is 2.29. The largest absolute Gasteiger partial charge is 0.206 e. The van der Waals surface area contributed by atoms with E-state index in [-0.39, 0.29) is 17.0 Å². The summed E-state index contributed by atoms with van der Waals surface area (Å²) in [5.74, 6) is -0.530. The summed E-state index contributed by atoms with van der Waals surface area (Å²) in [6.45, 7) is 0. The van der Waals surface area contributed by atoms with Gasteiger partial charge in [0.05, 0.1) is 17.0 Å². The van der Waals surface area contributed by atoms with E-state index in [1.807, 2.05) is 0 Å². The molecule has 0 N–H and O–H groups in total. The van der Waals surface area contributed by atoms with Crippen LogP contribution in [0.4, 0.5) is 8.28 Å². The number of hydrogen-bond donors (Lipinski definition) is 0. The predicted molar refractivity (Wildman–Crippen MR) is 32.2 cm³/mol. The second-order valence-corrected chi connectivity index (χ2v) is 2.03. The molecule has 1 rings (SSSR count). The molecule has 0 spiro atoms. The fourth-order valence-corrected chi connectivity index (χ4v) is 0.732. The quantitative estimate of drug-likeness (QED) is 0.585. The molecule has 1 radical (unpaired) electrons. The third-order valence-electron chi connectivity index (χ3n) is 0.816. The molecule has 0 aromatic heterocycles. The van der Waals surface area contributed by atoms with E-state index in [0.29, 0.717) is 0 Å². The van der Waals surface area contributed by atoms with Crippen molar-refractivity contribution in [1.82, 2.24) is 0 Å². The van der Waals surface area contributed by atoms with E-state index >= 15 is 0 Å². The molecular formula is C6H3F2S. The van der Waals surface area contributed by atoms with E-state index in [4.69, 9.17) is 0 Å². The third-order valence-corrected chi connectivity index (χ3v) is 1.22. The topological polar surface area (TPSA) is 0 Å². The molecule has 9 heavy (non-hydrogen) atoms. The van der Waals surface area contributed by atoms with E-state index < -0.39 is 5.82 Å². The Bertz CT molecular complexity index is 200. The van der Waals surface area contributed by atoms with Crippen LogP contribution in [-0.4, -0.2) is 0 Å². The fourth-order valence-electron chi connectivity index (χ4n) is 0.466. The molecule has 0 saturated carbocycles. The fraction of sp³-hybridized carbons (Fsp3) is 0. The van der Waals surface area contributed by atoms with Crippen LogP contribution in [-0.2, 0) is 0 Å². The van der Waals surface area contributed by atoms with Crippen LogP contribution in [0.1, 0.15) is 0 Å². The van der Waals surface area contributed by atoms with Gasteiger partial charge in [0.1, 0.15) is 5.82 Å². The zero-order valence-corrected chi connectivity index (χ0v) is 5.21. The van der Waals surface area contributed by atoms with Crippen molar-refractivity contribution in [2.75, 3.05) is 0 Å². The monoisotopic (exact) mass is 145 g/mol. The molecule has 0 unspecified atom stereocenters. The molecule has 0 heterocycles. The molecule has 0 aliphatic heterocycles. The summed E-state index contributed by atoms with van der Waals surface area (Å²) in [5, 5.41) is 0. The predicted octanol–water partition coefficient (Wildman–Crippen LogP) is 2.60. The number of benzene rings is 1. The molecule has 0 bridgehead atoms. The molecular weight excluding hydrogens is 142 g/mol. The van der Waals surface area contributed by atoms with Gasteiger partial charge in [-0.3, -0.25) is 0 Å². The minimum absolute atomic E-state index is 0.0126. The lowest BCUT2D eigenvalue weighted by Gasteiger charge is -1.88. The first-order chi connectivity index (χ1) is 4.33. The van der Waals surface area contributed by atoms with Crippen LogP contribution >= 0.6 is 12.1 Å². The number of halogens is 2. The molecule has 0 aliphatic rings. The molecule has 0 aliphatic carbocycles. The molecule has 1 aromatic carbocycles. The lowest BCUT2D eigenvalue weighted by molar-refractivity contribution is 0.621. The van der Waals surface area contributed by atoms with Gasteiger partial charge in [0.15, 0.2) is 0 Å². The summed E-state index contributed by atoms with van der Waals surface area (Å²) >= 11 is -0.0126. The highest BCUT2D eigenvalue weighted by Crippen LogP contribution is 2.17. The van der Waals surface area contributed by atoms with Crippen LogP contribution in [0.25, 0.3) is 0 Å². The lowest BCUT2D eigenvalue weighted by atomic mass is 10.4. The Labute approximate surface area is 56.2 Å². The van der Waals surface area contributed by atoms with Gasteiger partial charge >= 0.3 is 0 Å². The van der Waals surface area contributed by atoms with Crippen molar-refractivity contribution in [2.45, 2.75) is 4.90 Å². The van der Waals surface area contributed by atoms with Crippen LogP contribution < -0.4 is 0 Å². The molecule has 1 aromatic rings. The number of hydrogen-bond acceptors (Lipinski definition) is 1. The molecule has 0 fully saturated rings. The van der Waals surface area contributed by atoms with Crippen molar-refractivity contribution in [3.63, 3.8) is 0 Å². The van der Waals surface area contributed by atoms with Gasteiger partial charge in [-0.05, 0) is 12.1 Å². The van der Waals surface area contributed by atoms with Gasteiger partial charge in [0.2, 0.25) is 0 Å². The molecule has 0 saturated heterocycles. The van der Waals surface area contributed by atoms with Crippen LogP contribution in [0.15, 0.2) is 23.1 Å². The maximum Gasteiger partial charge on any atom is 0.132 e. The van der Waals surface area contributed by atoms with Gasteiger partial charge in [-0.2, -0.15) is 3.89 Å². The minimum Gasteiger partial charge on any atom is -0.206 e. The van der Waals surface area contributed by atoms with Gasteiger partial charge in [-0.25, -0.2) is 4.39 Å². The second kappa shape index (κ2) is 2.82. The zero-order chi connectivity index (χ0) is 6.69. The van der Waals surface area contributed by atoms with E-state index in [1.54, 1.807) is 0 Å². The Balaban J connectivity index is 2.94. The van der Waals surface area contributed by atoms with Crippen molar-refractivity contribution in [1.29, 1.82) is 0 Å².